The fourth-order valence-corrected chi connectivity index (χ4v) is 4.35. The Bertz CT molecular complexity index is 261. The van der Waals surface area contributed by atoms with Crippen LogP contribution in [0.2, 0.25) is 0 Å². The maximum absolute atomic E-state index is 10.9. The highest BCUT2D eigenvalue weighted by atomic mass is 16.5. The second kappa shape index (κ2) is 2.98. The van der Waals surface area contributed by atoms with Crippen molar-refractivity contribution in [1.82, 2.24) is 0 Å². The van der Waals surface area contributed by atoms with Gasteiger partial charge in [0.2, 0.25) is 0 Å². The van der Waals surface area contributed by atoms with Gasteiger partial charge in [0.15, 0.2) is 0 Å². The molecule has 2 heteroatoms. The molecule has 3 fully saturated rings. The standard InChI is InChI=1S/C12H18O2/c1-7(13)14-12-6-8-5-11(12)10-4-2-3-9(8)10/h8-12H,2-6H2,1H3/t8-,9+,10+,11-,12+/m1/s1. The lowest BCUT2D eigenvalue weighted by atomic mass is 9.80. The Labute approximate surface area is 85.0 Å². The number of carbonyl (C=O) groups is 1. The molecule has 0 N–H and O–H groups in total. The predicted molar refractivity (Wildman–Crippen MR) is 52.6 cm³/mol. The monoisotopic (exact) mass is 194 g/mol. The lowest BCUT2D eigenvalue weighted by Crippen LogP contribution is -2.31. The highest BCUT2D eigenvalue weighted by Gasteiger charge is 2.54. The predicted octanol–water partition coefficient (Wildman–Crippen LogP) is 2.37. The van der Waals surface area contributed by atoms with Crippen LogP contribution >= 0.6 is 0 Å². The van der Waals surface area contributed by atoms with Gasteiger partial charge in [-0.25, -0.2) is 0 Å². The van der Waals surface area contributed by atoms with Crippen molar-refractivity contribution in [3.05, 3.63) is 0 Å². The van der Waals surface area contributed by atoms with Crippen molar-refractivity contribution in [2.75, 3.05) is 0 Å². The summed E-state index contributed by atoms with van der Waals surface area (Å²) in [5, 5.41) is 0. The van der Waals surface area contributed by atoms with Crippen molar-refractivity contribution >= 4 is 5.97 Å². The van der Waals surface area contributed by atoms with Gasteiger partial charge in [0, 0.05) is 6.92 Å². The molecule has 0 spiro atoms. The van der Waals surface area contributed by atoms with Crippen LogP contribution in [0.5, 0.6) is 0 Å². The molecule has 3 aliphatic carbocycles. The summed E-state index contributed by atoms with van der Waals surface area (Å²) in [7, 11) is 0. The summed E-state index contributed by atoms with van der Waals surface area (Å²) in [4.78, 5) is 10.9. The number of carbonyl (C=O) groups excluding carboxylic acids is 1. The summed E-state index contributed by atoms with van der Waals surface area (Å²) in [6, 6.07) is 0. The second-order valence-electron chi connectivity index (χ2n) is 5.30. The largest absolute Gasteiger partial charge is 0.462 e. The van der Waals surface area contributed by atoms with E-state index >= 15 is 0 Å². The molecule has 0 radical (unpaired) electrons. The summed E-state index contributed by atoms with van der Waals surface area (Å²) >= 11 is 0. The molecule has 0 saturated heterocycles. The van der Waals surface area contributed by atoms with Gasteiger partial charge in [0.1, 0.15) is 6.10 Å². The minimum absolute atomic E-state index is 0.0860. The number of hydrogen-bond donors (Lipinski definition) is 0. The van der Waals surface area contributed by atoms with Crippen LogP contribution in [0.4, 0.5) is 0 Å². The van der Waals surface area contributed by atoms with Crippen LogP contribution in [0.3, 0.4) is 0 Å². The summed E-state index contributed by atoms with van der Waals surface area (Å²) in [6.07, 6.45) is 7.02. The van der Waals surface area contributed by atoms with E-state index in [-0.39, 0.29) is 12.1 Å². The molecular weight excluding hydrogens is 176 g/mol. The van der Waals surface area contributed by atoms with E-state index in [1.807, 2.05) is 0 Å². The summed E-state index contributed by atoms with van der Waals surface area (Å²) in [5.41, 5.74) is 0. The molecule has 78 valence electrons. The third kappa shape index (κ3) is 1.12. The molecule has 2 nitrogen and oxygen atoms in total. The van der Waals surface area contributed by atoms with E-state index in [0.717, 1.165) is 30.1 Å². The Kier molecular flexibility index (Phi) is 1.86. The lowest BCUT2D eigenvalue weighted by Gasteiger charge is -2.30. The van der Waals surface area contributed by atoms with E-state index in [4.69, 9.17) is 4.74 Å². The van der Waals surface area contributed by atoms with Crippen LogP contribution in [-0.4, -0.2) is 12.1 Å². The van der Waals surface area contributed by atoms with Crippen molar-refractivity contribution in [1.29, 1.82) is 0 Å². The zero-order valence-corrected chi connectivity index (χ0v) is 8.74. The zero-order chi connectivity index (χ0) is 9.71. The molecular formula is C12H18O2. The van der Waals surface area contributed by atoms with Gasteiger partial charge in [-0.2, -0.15) is 0 Å². The number of hydrogen-bond acceptors (Lipinski definition) is 2. The molecule has 2 bridgehead atoms. The zero-order valence-electron chi connectivity index (χ0n) is 8.74. The smallest absolute Gasteiger partial charge is 0.302 e. The molecule has 3 aliphatic rings. The molecule has 0 unspecified atom stereocenters. The highest BCUT2D eigenvalue weighted by molar-refractivity contribution is 5.66. The van der Waals surface area contributed by atoms with Gasteiger partial charge in [-0.1, -0.05) is 6.42 Å². The topological polar surface area (TPSA) is 26.3 Å². The van der Waals surface area contributed by atoms with E-state index in [1.165, 1.54) is 32.6 Å². The third-order valence-corrected chi connectivity index (χ3v) is 4.69. The number of ether oxygens (including phenoxy) is 1. The minimum Gasteiger partial charge on any atom is -0.462 e. The Morgan fingerprint density at radius 1 is 1.14 bits per heavy atom. The van der Waals surface area contributed by atoms with Gasteiger partial charge in [-0.3, -0.25) is 4.79 Å². The molecule has 14 heavy (non-hydrogen) atoms. The van der Waals surface area contributed by atoms with Crippen molar-refractivity contribution in [3.8, 4) is 0 Å². The Balaban J connectivity index is 1.73. The average molecular weight is 194 g/mol. The Hall–Kier alpha value is -0.530. The Morgan fingerprint density at radius 2 is 1.93 bits per heavy atom. The number of fused-ring (bicyclic) bond motifs is 5. The first-order valence-electron chi connectivity index (χ1n) is 5.93. The van der Waals surface area contributed by atoms with Crippen LogP contribution in [0.15, 0.2) is 0 Å². The fraction of sp³-hybridized carbons (Fsp3) is 0.917. The lowest BCUT2D eigenvalue weighted by molar-refractivity contribution is -0.150. The molecule has 0 heterocycles. The van der Waals surface area contributed by atoms with Crippen molar-refractivity contribution in [2.45, 2.75) is 45.1 Å². The van der Waals surface area contributed by atoms with Gasteiger partial charge < -0.3 is 4.74 Å². The van der Waals surface area contributed by atoms with Gasteiger partial charge in [0.25, 0.3) is 0 Å². The minimum atomic E-state index is -0.0860. The molecule has 0 aliphatic heterocycles. The molecule has 0 amide bonds. The van der Waals surface area contributed by atoms with E-state index in [9.17, 15) is 4.79 Å². The first kappa shape index (κ1) is 8.75. The molecule has 3 saturated carbocycles. The molecule has 0 aromatic heterocycles. The summed E-state index contributed by atoms with van der Waals surface area (Å²) < 4.78 is 5.41. The van der Waals surface area contributed by atoms with Crippen LogP contribution in [0.25, 0.3) is 0 Å². The highest BCUT2D eigenvalue weighted by Crippen LogP contribution is 2.59. The third-order valence-electron chi connectivity index (χ3n) is 4.69. The first-order chi connectivity index (χ1) is 6.75. The van der Waals surface area contributed by atoms with Crippen LogP contribution in [-0.2, 0) is 9.53 Å². The van der Waals surface area contributed by atoms with Crippen LogP contribution < -0.4 is 0 Å². The molecule has 5 atom stereocenters. The maximum Gasteiger partial charge on any atom is 0.302 e. The molecule has 0 aromatic carbocycles. The van der Waals surface area contributed by atoms with E-state index in [2.05, 4.69) is 0 Å². The van der Waals surface area contributed by atoms with Crippen molar-refractivity contribution in [3.63, 3.8) is 0 Å². The van der Waals surface area contributed by atoms with Crippen LogP contribution in [0.1, 0.15) is 39.0 Å². The van der Waals surface area contributed by atoms with Gasteiger partial charge >= 0.3 is 5.97 Å². The van der Waals surface area contributed by atoms with Gasteiger partial charge in [-0.15, -0.1) is 0 Å². The van der Waals surface area contributed by atoms with Gasteiger partial charge in [-0.05, 0) is 49.4 Å². The SMILES string of the molecule is CC(=O)O[C@H]1C[C@H]2C[C@@H]1[C@H]1CCC[C@@H]21. The van der Waals surface area contributed by atoms with Crippen LogP contribution in [0, 0.1) is 23.7 Å². The van der Waals surface area contributed by atoms with Crippen molar-refractivity contribution < 1.29 is 9.53 Å². The molecule has 3 rings (SSSR count). The normalized spacial score (nSPS) is 49.4. The average Bonchev–Trinajstić information content (AvgIpc) is 2.68. The quantitative estimate of drug-likeness (QED) is 0.599. The van der Waals surface area contributed by atoms with E-state index in [1.54, 1.807) is 0 Å². The number of rotatable bonds is 1. The van der Waals surface area contributed by atoms with Gasteiger partial charge in [0.05, 0.1) is 0 Å². The summed E-state index contributed by atoms with van der Waals surface area (Å²) in [5.74, 6) is 3.41. The Morgan fingerprint density at radius 3 is 2.71 bits per heavy atom. The maximum atomic E-state index is 10.9. The number of esters is 1. The van der Waals surface area contributed by atoms with E-state index < -0.39 is 0 Å². The molecule has 0 aromatic rings. The second-order valence-corrected chi connectivity index (χ2v) is 5.30. The van der Waals surface area contributed by atoms with Crippen molar-refractivity contribution in [2.24, 2.45) is 23.7 Å². The summed E-state index contributed by atoms with van der Waals surface area (Å²) in [6.45, 7) is 1.54. The fourth-order valence-electron chi connectivity index (χ4n) is 4.35. The van der Waals surface area contributed by atoms with E-state index in [0.29, 0.717) is 0 Å². The first-order valence-corrected chi connectivity index (χ1v) is 5.93.